The van der Waals surface area contributed by atoms with E-state index >= 15 is 0 Å². The smallest absolute Gasteiger partial charge is 0.230 e. The number of hydrogen-bond acceptors (Lipinski definition) is 2. The van der Waals surface area contributed by atoms with Crippen molar-refractivity contribution in [2.24, 2.45) is 0 Å². The number of carbonyl (C=O) groups excluding carboxylic acids is 1. The molecule has 0 aromatic heterocycles. The molecule has 1 aliphatic rings. The summed E-state index contributed by atoms with van der Waals surface area (Å²) in [5, 5.41) is 3.37. The molecule has 1 saturated heterocycles. The molecule has 3 unspecified atom stereocenters. The maximum absolute atomic E-state index is 12.8. The van der Waals surface area contributed by atoms with E-state index in [1.54, 1.807) is 0 Å². The molecule has 3 heteroatoms. The van der Waals surface area contributed by atoms with Crippen molar-refractivity contribution in [2.75, 3.05) is 13.1 Å². The molecule has 0 radical (unpaired) electrons. The number of benzene rings is 1. The summed E-state index contributed by atoms with van der Waals surface area (Å²) in [4.78, 5) is 14.9. The number of carbonyl (C=O) groups is 1. The topological polar surface area (TPSA) is 32.3 Å². The van der Waals surface area contributed by atoms with Crippen LogP contribution in [0.5, 0.6) is 0 Å². The lowest BCUT2D eigenvalue weighted by Gasteiger charge is -2.41. The third kappa shape index (κ3) is 2.98. The minimum Gasteiger partial charge on any atom is -0.334 e. The van der Waals surface area contributed by atoms with Crippen LogP contribution in [0.2, 0.25) is 0 Å². The van der Waals surface area contributed by atoms with Gasteiger partial charge in [0.05, 0.1) is 5.92 Å². The Morgan fingerprint density at radius 1 is 1.26 bits per heavy atom. The Hall–Kier alpha value is -1.35. The standard InChI is InChI=1S/C16H24N2O/c1-4-15(14-8-6-5-7-9-14)16(19)18-12(2)10-17-11-13(18)3/h5-9,12-13,15,17H,4,10-11H2,1-3H3. The number of nitrogens with zero attached hydrogens (tertiary/aromatic N) is 1. The first kappa shape index (κ1) is 14.1. The van der Waals surface area contributed by atoms with Crippen LogP contribution in [0.15, 0.2) is 30.3 Å². The van der Waals surface area contributed by atoms with E-state index in [2.05, 4.69) is 43.1 Å². The molecule has 1 aliphatic heterocycles. The van der Waals surface area contributed by atoms with E-state index in [4.69, 9.17) is 0 Å². The summed E-state index contributed by atoms with van der Waals surface area (Å²) in [5.41, 5.74) is 1.13. The number of nitrogens with one attached hydrogen (secondary N) is 1. The van der Waals surface area contributed by atoms with Crippen molar-refractivity contribution in [1.29, 1.82) is 0 Å². The Balaban J connectivity index is 2.21. The van der Waals surface area contributed by atoms with Gasteiger partial charge in [0, 0.05) is 25.2 Å². The van der Waals surface area contributed by atoms with Crippen molar-refractivity contribution in [3.8, 4) is 0 Å². The zero-order valence-corrected chi connectivity index (χ0v) is 12.1. The average molecular weight is 260 g/mol. The van der Waals surface area contributed by atoms with Crippen molar-refractivity contribution in [3.05, 3.63) is 35.9 Å². The third-order valence-corrected chi connectivity index (χ3v) is 3.99. The van der Waals surface area contributed by atoms with Gasteiger partial charge in [0.1, 0.15) is 0 Å². The molecule has 0 saturated carbocycles. The van der Waals surface area contributed by atoms with Crippen LogP contribution in [0.4, 0.5) is 0 Å². The summed E-state index contributed by atoms with van der Waals surface area (Å²) >= 11 is 0. The highest BCUT2D eigenvalue weighted by Crippen LogP contribution is 2.25. The molecular weight excluding hydrogens is 236 g/mol. The predicted octanol–water partition coefficient (Wildman–Crippen LogP) is 2.39. The molecule has 1 aromatic rings. The lowest BCUT2D eigenvalue weighted by atomic mass is 9.93. The van der Waals surface area contributed by atoms with Gasteiger partial charge in [-0.15, -0.1) is 0 Å². The van der Waals surface area contributed by atoms with E-state index in [1.165, 1.54) is 0 Å². The van der Waals surface area contributed by atoms with Gasteiger partial charge in [-0.25, -0.2) is 0 Å². The largest absolute Gasteiger partial charge is 0.334 e. The highest BCUT2D eigenvalue weighted by molar-refractivity contribution is 5.84. The molecule has 1 N–H and O–H groups in total. The van der Waals surface area contributed by atoms with Crippen molar-refractivity contribution in [3.63, 3.8) is 0 Å². The molecule has 1 heterocycles. The predicted molar refractivity (Wildman–Crippen MR) is 78.1 cm³/mol. The first-order valence-corrected chi connectivity index (χ1v) is 7.23. The summed E-state index contributed by atoms with van der Waals surface area (Å²) in [6.45, 7) is 8.12. The van der Waals surface area contributed by atoms with Gasteiger partial charge in [-0.05, 0) is 25.8 Å². The first-order chi connectivity index (χ1) is 9.15. The molecular formula is C16H24N2O. The van der Waals surface area contributed by atoms with Crippen LogP contribution in [0.3, 0.4) is 0 Å². The van der Waals surface area contributed by atoms with Crippen LogP contribution in [-0.2, 0) is 4.79 Å². The van der Waals surface area contributed by atoms with Crippen molar-refractivity contribution < 1.29 is 4.79 Å². The Kier molecular flexibility index (Phi) is 4.59. The third-order valence-electron chi connectivity index (χ3n) is 3.99. The van der Waals surface area contributed by atoms with Gasteiger partial charge in [0.15, 0.2) is 0 Å². The molecule has 1 fully saturated rings. The second-order valence-electron chi connectivity index (χ2n) is 5.47. The molecule has 104 valence electrons. The van der Waals surface area contributed by atoms with Gasteiger partial charge < -0.3 is 10.2 Å². The zero-order chi connectivity index (χ0) is 13.8. The molecule has 19 heavy (non-hydrogen) atoms. The summed E-state index contributed by atoms with van der Waals surface area (Å²) in [7, 11) is 0. The Labute approximate surface area is 116 Å². The van der Waals surface area contributed by atoms with Crippen LogP contribution in [0.1, 0.15) is 38.7 Å². The number of rotatable bonds is 3. The fourth-order valence-electron chi connectivity index (χ4n) is 2.98. The van der Waals surface area contributed by atoms with E-state index in [0.29, 0.717) is 0 Å². The Morgan fingerprint density at radius 2 is 1.84 bits per heavy atom. The summed E-state index contributed by atoms with van der Waals surface area (Å²) in [5.74, 6) is 0.263. The van der Waals surface area contributed by atoms with Gasteiger partial charge in [0.2, 0.25) is 5.91 Å². The second kappa shape index (κ2) is 6.20. The maximum Gasteiger partial charge on any atom is 0.230 e. The highest BCUT2D eigenvalue weighted by Gasteiger charge is 2.33. The van der Waals surface area contributed by atoms with E-state index in [9.17, 15) is 4.79 Å². The van der Waals surface area contributed by atoms with Gasteiger partial charge in [-0.3, -0.25) is 4.79 Å². The summed E-state index contributed by atoms with van der Waals surface area (Å²) in [6, 6.07) is 10.7. The molecule has 3 nitrogen and oxygen atoms in total. The minimum absolute atomic E-state index is 0.0100. The number of hydrogen-bond donors (Lipinski definition) is 1. The van der Waals surface area contributed by atoms with Crippen LogP contribution in [-0.4, -0.2) is 36.0 Å². The van der Waals surface area contributed by atoms with E-state index in [1.807, 2.05) is 18.2 Å². The first-order valence-electron chi connectivity index (χ1n) is 7.23. The molecule has 1 aromatic carbocycles. The molecule has 0 spiro atoms. The van der Waals surface area contributed by atoms with Crippen molar-refractivity contribution in [1.82, 2.24) is 10.2 Å². The fourth-order valence-corrected chi connectivity index (χ4v) is 2.98. The monoisotopic (exact) mass is 260 g/mol. The van der Waals surface area contributed by atoms with Gasteiger partial charge in [0.25, 0.3) is 0 Å². The SMILES string of the molecule is CCC(C(=O)N1C(C)CNCC1C)c1ccccc1. The van der Waals surface area contributed by atoms with Gasteiger partial charge >= 0.3 is 0 Å². The zero-order valence-electron chi connectivity index (χ0n) is 12.1. The van der Waals surface area contributed by atoms with Gasteiger partial charge in [-0.2, -0.15) is 0 Å². The van der Waals surface area contributed by atoms with Crippen molar-refractivity contribution in [2.45, 2.75) is 45.2 Å². The summed E-state index contributed by atoms with van der Waals surface area (Å²) in [6.07, 6.45) is 0.853. The highest BCUT2D eigenvalue weighted by atomic mass is 16.2. The minimum atomic E-state index is -0.0100. The quantitative estimate of drug-likeness (QED) is 0.905. The van der Waals surface area contributed by atoms with Gasteiger partial charge in [-0.1, -0.05) is 37.3 Å². The second-order valence-corrected chi connectivity index (χ2v) is 5.47. The van der Waals surface area contributed by atoms with Crippen LogP contribution in [0, 0.1) is 0 Å². The Bertz CT molecular complexity index is 408. The van der Waals surface area contributed by atoms with Crippen LogP contribution < -0.4 is 5.32 Å². The summed E-state index contributed by atoms with van der Waals surface area (Å²) < 4.78 is 0. The van der Waals surface area contributed by atoms with Crippen molar-refractivity contribution >= 4 is 5.91 Å². The lowest BCUT2D eigenvalue weighted by Crippen LogP contribution is -2.58. The number of amides is 1. The van der Waals surface area contributed by atoms with Crippen LogP contribution in [0.25, 0.3) is 0 Å². The number of piperazine rings is 1. The van der Waals surface area contributed by atoms with E-state index in [-0.39, 0.29) is 23.9 Å². The molecule has 1 amide bonds. The normalized spacial score (nSPS) is 25.1. The van der Waals surface area contributed by atoms with E-state index < -0.39 is 0 Å². The van der Waals surface area contributed by atoms with E-state index in [0.717, 1.165) is 25.1 Å². The molecule has 0 bridgehead atoms. The van der Waals surface area contributed by atoms with Crippen LogP contribution >= 0.6 is 0 Å². The molecule has 0 aliphatic carbocycles. The lowest BCUT2D eigenvalue weighted by molar-refractivity contribution is -0.138. The fraction of sp³-hybridized carbons (Fsp3) is 0.562. The Morgan fingerprint density at radius 3 is 2.37 bits per heavy atom. The maximum atomic E-state index is 12.8. The molecule has 3 atom stereocenters. The average Bonchev–Trinajstić information content (AvgIpc) is 2.40. The molecule has 2 rings (SSSR count).